The van der Waals surface area contributed by atoms with Crippen LogP contribution >= 0.6 is 15.8 Å². The van der Waals surface area contributed by atoms with Gasteiger partial charge in [0, 0.05) is 190 Å². The zero-order valence-corrected chi connectivity index (χ0v) is 74.9. The second-order valence-corrected chi connectivity index (χ2v) is 18.1. The molecule has 0 aliphatic carbocycles. The van der Waals surface area contributed by atoms with Crippen molar-refractivity contribution in [1.29, 1.82) is 42.1 Å². The van der Waals surface area contributed by atoms with E-state index in [1.807, 2.05) is 101 Å². The van der Waals surface area contributed by atoms with Crippen molar-refractivity contribution in [2.75, 3.05) is 26.4 Å². The molecule has 0 N–H and O–H groups in total. The van der Waals surface area contributed by atoms with Crippen molar-refractivity contribution in [3.05, 3.63) is 181 Å². The van der Waals surface area contributed by atoms with Crippen LogP contribution in [0.5, 0.6) is 0 Å². The Kier molecular flexibility index (Phi) is 483. The molecule has 0 saturated carbocycles. The molecule has 0 bridgehead atoms. The molecule has 6 aromatic heterocycles. The van der Waals surface area contributed by atoms with Crippen LogP contribution in [0.2, 0.25) is 0 Å². The summed E-state index contributed by atoms with van der Waals surface area (Å²) in [6.07, 6.45) is 17.2. The number of nitrogens with zero attached hydrogens (tertiary/aromatic N) is 14. The zero-order chi connectivity index (χ0) is 60.0. The van der Waals surface area contributed by atoms with Crippen molar-refractivity contribution in [2.45, 2.75) is 120 Å². The number of ether oxygens (including phenoxy) is 2. The second kappa shape index (κ2) is 218. The Morgan fingerprint density at radius 3 is 0.380 bits per heavy atom. The average molecular weight is 2240 g/mol. The number of hydrogen-bond acceptors (Lipinski definition) is 16. The van der Waals surface area contributed by atoms with Gasteiger partial charge in [0.2, 0.25) is 0 Å². The fourth-order valence-electron chi connectivity index (χ4n) is 5.07. The van der Waals surface area contributed by atoms with Crippen LogP contribution in [-0.2, 0) is 85.4 Å². The van der Waals surface area contributed by atoms with Gasteiger partial charge in [0.1, 0.15) is 0 Å². The average Bonchev–Trinajstić information content (AvgIpc) is 0.892. The molecule has 0 radical (unpaired) electrons. The van der Waals surface area contributed by atoms with Gasteiger partial charge in [0.25, 0.3) is 0 Å². The zero-order valence-electron chi connectivity index (χ0n) is 59.5. The van der Waals surface area contributed by atoms with Crippen molar-refractivity contribution in [3.8, 4) is 48.6 Å². The van der Waals surface area contributed by atoms with Gasteiger partial charge in [-0.25, -0.2) is 0 Å². The van der Waals surface area contributed by atoms with E-state index < -0.39 is 0 Å². The van der Waals surface area contributed by atoms with Crippen molar-refractivity contribution in [3.63, 3.8) is 0 Å². The van der Waals surface area contributed by atoms with Gasteiger partial charge in [-0.2, -0.15) is 42.1 Å². The molecule has 0 saturated heterocycles. The maximum absolute atomic E-state index is 7.32. The molecule has 0 unspecified atom stereocenters. The maximum atomic E-state index is 7.32. The number of nitriles is 8. The molecule has 48 heteroatoms. The van der Waals surface area contributed by atoms with Gasteiger partial charge in [-0.15, -0.1) is 0 Å². The molecule has 16 nitrogen and oxygen atoms in total. The summed E-state index contributed by atoms with van der Waals surface area (Å²) < 4.78 is 9.67. The summed E-state index contributed by atoms with van der Waals surface area (Å²) in [5.41, 5.74) is 6.92. The van der Waals surface area contributed by atoms with Crippen LogP contribution in [0.15, 0.2) is 146 Å². The summed E-state index contributed by atoms with van der Waals surface area (Å²) in [6.45, 7) is 22.8. The minimum absolute atomic E-state index is 0. The molecular weight excluding hydrogens is 2160 g/mol. The molecular formula is C60H80F24N14O2P2Ru2Sb4. The number of aromatic nitrogens is 6. The third-order valence-electron chi connectivity index (χ3n) is 7.49. The third kappa shape index (κ3) is 200. The first-order valence-electron chi connectivity index (χ1n) is 24.4. The summed E-state index contributed by atoms with van der Waals surface area (Å²) in [6, 6.07) is 50.7. The van der Waals surface area contributed by atoms with E-state index in [9.17, 15) is 0 Å². The van der Waals surface area contributed by atoms with E-state index in [1.165, 1.54) is 55.4 Å². The monoisotopic (exact) mass is 2230 g/mol. The molecule has 616 valence electrons. The standard InChI is InChI=1S/2C18H18N3P.2C4H10O.8C2H3N.24FH.2Ru.4Sb/c2*1-4-10-19-16(7-1)13-22(14-17-8-2-5-11-20-17)15-18-9-3-6-12-21-18;2*1-3-5-4-2;8*1-2-3;;;;;;;;;;;;;;;;;;;;;;;;;;;;;;/h2*1-12H,13-15H2;2*3-4H2,1-2H3;8*1H3;24*1H;;;;;;/q;;;;;;;;;;;;;;;;;;;;;;;;;;;;;;;;;;;;2*+2;4*+5/p-24. The van der Waals surface area contributed by atoms with Crippen molar-refractivity contribution in [2.24, 2.45) is 0 Å². The molecule has 6 heterocycles. The van der Waals surface area contributed by atoms with Gasteiger partial charge >= 0.3 is 137 Å². The molecule has 0 amide bonds. The van der Waals surface area contributed by atoms with Crippen LogP contribution in [-0.4, -0.2) is 154 Å². The summed E-state index contributed by atoms with van der Waals surface area (Å²) in [5.74, 6) is 0. The van der Waals surface area contributed by atoms with E-state index in [0.29, 0.717) is 0 Å². The first-order chi connectivity index (χ1) is 37.9. The van der Waals surface area contributed by atoms with Gasteiger partial charge in [-0.05, 0) is 100 Å². The summed E-state index contributed by atoms with van der Waals surface area (Å²) in [5, 5.41) is 58.6. The van der Waals surface area contributed by atoms with Crippen LogP contribution in [0, 0.1) is 90.6 Å². The Morgan fingerprint density at radius 2 is 0.324 bits per heavy atom. The minimum atomic E-state index is -0.277. The van der Waals surface area contributed by atoms with E-state index in [2.05, 4.69) is 103 Å². The first-order valence-corrected chi connectivity index (χ1v) is 28.2. The fourth-order valence-corrected chi connectivity index (χ4v) is 9.61. The Bertz CT molecular complexity index is 2140. The summed E-state index contributed by atoms with van der Waals surface area (Å²) in [7, 11) is -0.554. The molecule has 0 aliphatic heterocycles. The van der Waals surface area contributed by atoms with Gasteiger partial charge in [0.15, 0.2) is 0 Å². The molecule has 0 spiro atoms. The molecule has 0 fully saturated rings. The summed E-state index contributed by atoms with van der Waals surface area (Å²) >= 11 is 0. The van der Waals surface area contributed by atoms with Gasteiger partial charge in [-0.3, -0.25) is 29.9 Å². The van der Waals surface area contributed by atoms with Crippen molar-refractivity contribution >= 4 is 114 Å². The fraction of sp³-hybridized carbons (Fsp3) is 0.367. The quantitative estimate of drug-likeness (QED) is 0.0494. The van der Waals surface area contributed by atoms with Crippen LogP contribution < -0.4 is 113 Å². The Labute approximate surface area is 716 Å². The van der Waals surface area contributed by atoms with Gasteiger partial charge < -0.3 is 122 Å². The van der Waals surface area contributed by atoms with Crippen LogP contribution in [0.3, 0.4) is 0 Å². The van der Waals surface area contributed by atoms with Gasteiger partial charge in [-0.1, -0.05) is 52.2 Å². The minimum Gasteiger partial charge on any atom is -1.00 e. The van der Waals surface area contributed by atoms with E-state index in [0.717, 1.165) is 97.6 Å². The molecule has 108 heavy (non-hydrogen) atoms. The normalized spacial score (nSPS) is 5.76. The predicted octanol–water partition coefficient (Wildman–Crippen LogP) is -58.6. The van der Waals surface area contributed by atoms with Crippen LogP contribution in [0.25, 0.3) is 0 Å². The predicted molar refractivity (Wildman–Crippen MR) is 339 cm³/mol. The van der Waals surface area contributed by atoms with Crippen molar-refractivity contribution < 1.29 is 161 Å². The Morgan fingerprint density at radius 1 is 0.231 bits per heavy atom. The van der Waals surface area contributed by atoms with E-state index in [1.54, 1.807) is 48.6 Å². The Hall–Kier alpha value is -5.56. The number of hydrogen-bond donors (Lipinski definition) is 0. The van der Waals surface area contributed by atoms with E-state index in [4.69, 9.17) is 51.6 Å². The number of halogens is 24. The van der Waals surface area contributed by atoms with E-state index in [-0.39, 0.29) is 265 Å². The number of pyridine rings is 6. The SMILES string of the molecule is CC#N.CC#N.CC#N.CC#N.CC#N.CC#N.CC#N.CC#N.CCOCC.CCOCC.[F-].[F-].[F-].[F-].[F-].[F-].[F-].[F-].[F-].[F-].[F-].[F-].[F-].[F-].[F-].[F-].[F-].[F-].[F-].[F-].[F-].[F-].[F-].[F-].[Ru+2].[Ru+2].[Sb+5].[Sb+5].[Sb+5].[Sb+5].c1ccc(CP(Cc2ccccn2)Cc2ccccn2)nc1.c1ccc(CP(Cc2ccccn2)Cc2ccccn2)nc1. The van der Waals surface area contributed by atoms with Crippen molar-refractivity contribution in [1.82, 2.24) is 29.9 Å². The topological polar surface area (TPSA) is 286 Å². The maximum Gasteiger partial charge on any atom is 5.00 e. The smallest absolute Gasteiger partial charge is 1.00 e. The molecule has 0 aromatic carbocycles. The number of rotatable bonds is 16. The molecule has 0 atom stereocenters. The Balaban J connectivity index is -0.0000000167. The van der Waals surface area contributed by atoms with E-state index >= 15 is 0 Å². The molecule has 6 rings (SSSR count). The molecule has 6 aromatic rings. The first kappa shape index (κ1) is 239. The largest absolute Gasteiger partial charge is 5.00 e. The van der Waals surface area contributed by atoms with Gasteiger partial charge in [0.05, 0.1) is 48.6 Å². The summed E-state index contributed by atoms with van der Waals surface area (Å²) in [4.78, 5) is 26.9. The second-order valence-electron chi connectivity index (χ2n) is 13.6. The third-order valence-corrected chi connectivity index (χ3v) is 12.1. The van der Waals surface area contributed by atoms with Crippen LogP contribution in [0.1, 0.15) is 117 Å². The molecule has 0 aliphatic rings. The van der Waals surface area contributed by atoms with Crippen LogP contribution in [0.4, 0.5) is 0 Å².